The Balaban J connectivity index is 1.51. The number of hydrogen-bond acceptors (Lipinski definition) is 3. The smallest absolute Gasteiger partial charge is 0.269 e. The molecule has 0 atom stereocenters. The van der Waals surface area contributed by atoms with E-state index in [0.29, 0.717) is 30.2 Å². The number of benzene rings is 2. The summed E-state index contributed by atoms with van der Waals surface area (Å²) >= 11 is 5.88. The van der Waals surface area contributed by atoms with Crippen LogP contribution < -0.4 is 10.6 Å². The molecule has 6 heteroatoms. The van der Waals surface area contributed by atoms with Crippen LogP contribution in [0.4, 0.5) is 10.1 Å². The minimum atomic E-state index is -0.269. The Morgan fingerprint density at radius 3 is 2.44 bits per heavy atom. The van der Waals surface area contributed by atoms with E-state index in [9.17, 15) is 9.18 Å². The molecule has 0 saturated carbocycles. The van der Waals surface area contributed by atoms with Crippen molar-refractivity contribution >= 4 is 23.2 Å². The zero-order valence-corrected chi connectivity index (χ0v) is 15.3. The van der Waals surface area contributed by atoms with E-state index < -0.39 is 0 Å². The van der Waals surface area contributed by atoms with Gasteiger partial charge < -0.3 is 10.6 Å². The molecule has 1 amide bonds. The van der Waals surface area contributed by atoms with E-state index in [4.69, 9.17) is 11.6 Å². The Bertz CT molecular complexity index is 898. The number of pyridine rings is 1. The maximum absolute atomic E-state index is 12.9. The summed E-state index contributed by atoms with van der Waals surface area (Å²) in [7, 11) is 0. The van der Waals surface area contributed by atoms with Gasteiger partial charge in [-0.2, -0.15) is 0 Å². The second kappa shape index (κ2) is 9.14. The number of anilines is 1. The Labute approximate surface area is 162 Å². The van der Waals surface area contributed by atoms with Gasteiger partial charge in [0.05, 0.1) is 0 Å². The molecule has 0 spiro atoms. The highest BCUT2D eigenvalue weighted by atomic mass is 35.5. The molecule has 138 valence electrons. The van der Waals surface area contributed by atoms with Crippen LogP contribution in [0, 0.1) is 5.82 Å². The van der Waals surface area contributed by atoms with E-state index in [1.54, 1.807) is 24.4 Å². The molecule has 27 heavy (non-hydrogen) atoms. The van der Waals surface area contributed by atoms with E-state index in [0.717, 1.165) is 16.8 Å². The zero-order chi connectivity index (χ0) is 19.1. The highest BCUT2D eigenvalue weighted by Crippen LogP contribution is 2.13. The Kier molecular flexibility index (Phi) is 6.39. The van der Waals surface area contributed by atoms with Crippen molar-refractivity contribution in [3.8, 4) is 0 Å². The number of carbonyl (C=O) groups excluding carboxylic acids is 1. The lowest BCUT2D eigenvalue weighted by Crippen LogP contribution is -2.26. The number of halogens is 2. The third-order valence-electron chi connectivity index (χ3n) is 4.01. The summed E-state index contributed by atoms with van der Waals surface area (Å²) in [5.74, 6) is -0.512. The van der Waals surface area contributed by atoms with E-state index in [-0.39, 0.29) is 11.7 Å². The molecule has 0 aliphatic heterocycles. The molecule has 3 aromatic rings. The second-order valence-electron chi connectivity index (χ2n) is 6.04. The minimum Gasteiger partial charge on any atom is -0.381 e. The summed E-state index contributed by atoms with van der Waals surface area (Å²) in [5.41, 5.74) is 3.20. The summed E-state index contributed by atoms with van der Waals surface area (Å²) in [6.07, 6.45) is 2.22. The van der Waals surface area contributed by atoms with Gasteiger partial charge in [0.1, 0.15) is 11.5 Å². The van der Waals surface area contributed by atoms with Crippen molar-refractivity contribution in [2.24, 2.45) is 0 Å². The summed E-state index contributed by atoms with van der Waals surface area (Å²) < 4.78 is 12.9. The van der Waals surface area contributed by atoms with Crippen LogP contribution in [0.1, 0.15) is 21.6 Å². The maximum Gasteiger partial charge on any atom is 0.269 e. The van der Waals surface area contributed by atoms with Crippen LogP contribution in [0.15, 0.2) is 66.9 Å². The van der Waals surface area contributed by atoms with E-state index in [2.05, 4.69) is 15.6 Å². The molecule has 0 unspecified atom stereocenters. The first-order valence-electron chi connectivity index (χ1n) is 8.57. The largest absolute Gasteiger partial charge is 0.381 e. The number of amides is 1. The Hall–Kier alpha value is -2.92. The first-order valence-corrected chi connectivity index (χ1v) is 8.95. The predicted molar refractivity (Wildman–Crippen MR) is 105 cm³/mol. The molecule has 0 fully saturated rings. The molecule has 0 radical (unpaired) electrons. The lowest BCUT2D eigenvalue weighted by molar-refractivity contribution is 0.0949. The molecule has 2 N–H and O–H groups in total. The van der Waals surface area contributed by atoms with Gasteiger partial charge in [0.25, 0.3) is 5.91 Å². The van der Waals surface area contributed by atoms with Crippen LogP contribution in [-0.4, -0.2) is 17.4 Å². The summed E-state index contributed by atoms with van der Waals surface area (Å²) in [4.78, 5) is 16.4. The van der Waals surface area contributed by atoms with E-state index in [1.165, 1.54) is 12.1 Å². The van der Waals surface area contributed by atoms with Crippen molar-refractivity contribution in [2.75, 3.05) is 11.9 Å². The lowest BCUT2D eigenvalue weighted by atomic mass is 10.1. The third-order valence-corrected chi connectivity index (χ3v) is 4.27. The van der Waals surface area contributed by atoms with Crippen LogP contribution in [0.25, 0.3) is 0 Å². The third kappa shape index (κ3) is 5.79. The van der Waals surface area contributed by atoms with Gasteiger partial charge in [-0.1, -0.05) is 35.9 Å². The van der Waals surface area contributed by atoms with E-state index in [1.807, 2.05) is 30.3 Å². The number of hydrogen-bond donors (Lipinski definition) is 2. The van der Waals surface area contributed by atoms with Gasteiger partial charge in [-0.3, -0.25) is 9.78 Å². The van der Waals surface area contributed by atoms with Gasteiger partial charge in [-0.05, 0) is 53.9 Å². The molecule has 2 aromatic carbocycles. The maximum atomic E-state index is 12.9. The van der Waals surface area contributed by atoms with Crippen LogP contribution in [0.5, 0.6) is 0 Å². The highest BCUT2D eigenvalue weighted by Gasteiger charge is 2.07. The Morgan fingerprint density at radius 1 is 1.00 bits per heavy atom. The van der Waals surface area contributed by atoms with Crippen LogP contribution in [-0.2, 0) is 13.0 Å². The van der Waals surface area contributed by atoms with Gasteiger partial charge >= 0.3 is 0 Å². The van der Waals surface area contributed by atoms with Gasteiger partial charge in [0.15, 0.2) is 0 Å². The summed E-state index contributed by atoms with van der Waals surface area (Å²) in [6, 6.07) is 17.3. The lowest BCUT2D eigenvalue weighted by Gasteiger charge is -2.09. The number of carbonyl (C=O) groups is 1. The van der Waals surface area contributed by atoms with Gasteiger partial charge in [0.2, 0.25) is 0 Å². The van der Waals surface area contributed by atoms with Crippen molar-refractivity contribution in [1.29, 1.82) is 0 Å². The monoisotopic (exact) mass is 383 g/mol. The molecule has 1 aromatic heterocycles. The molecular formula is C21H19ClFN3O. The highest BCUT2D eigenvalue weighted by molar-refractivity contribution is 6.30. The zero-order valence-electron chi connectivity index (χ0n) is 14.6. The van der Waals surface area contributed by atoms with Gasteiger partial charge in [-0.15, -0.1) is 0 Å². The average molecular weight is 384 g/mol. The van der Waals surface area contributed by atoms with Gasteiger partial charge in [-0.25, -0.2) is 4.39 Å². The van der Waals surface area contributed by atoms with Crippen molar-refractivity contribution in [3.63, 3.8) is 0 Å². The van der Waals surface area contributed by atoms with Crippen molar-refractivity contribution < 1.29 is 9.18 Å². The van der Waals surface area contributed by atoms with Gasteiger partial charge in [0, 0.05) is 30.0 Å². The van der Waals surface area contributed by atoms with Crippen LogP contribution >= 0.6 is 11.6 Å². The number of rotatable bonds is 7. The minimum absolute atomic E-state index is 0.243. The van der Waals surface area contributed by atoms with Crippen molar-refractivity contribution in [1.82, 2.24) is 10.3 Å². The standard InChI is InChI=1S/C21H19ClFN3O/c22-17-5-1-16(2-6-17)14-26-19-10-12-24-20(13-19)21(27)25-11-9-15-3-7-18(23)8-4-15/h1-8,10,12-13H,9,11,14H2,(H,24,26)(H,25,27). The fraction of sp³-hybridized carbons (Fsp3) is 0.143. The molecule has 1 heterocycles. The average Bonchev–Trinajstić information content (AvgIpc) is 2.69. The SMILES string of the molecule is O=C(NCCc1ccc(F)cc1)c1cc(NCc2ccc(Cl)cc2)ccn1. The fourth-order valence-corrected chi connectivity index (χ4v) is 2.66. The predicted octanol–water partition coefficient (Wildman–Crippen LogP) is 4.46. The molecule has 3 rings (SSSR count). The Morgan fingerprint density at radius 2 is 1.70 bits per heavy atom. The van der Waals surface area contributed by atoms with E-state index >= 15 is 0 Å². The quantitative estimate of drug-likeness (QED) is 0.633. The first kappa shape index (κ1) is 18.9. The summed E-state index contributed by atoms with van der Waals surface area (Å²) in [5, 5.41) is 6.79. The number of nitrogens with zero attached hydrogens (tertiary/aromatic N) is 1. The normalized spacial score (nSPS) is 10.4. The second-order valence-corrected chi connectivity index (χ2v) is 6.48. The molecule has 0 bridgehead atoms. The molecular weight excluding hydrogens is 365 g/mol. The molecule has 0 saturated heterocycles. The fourth-order valence-electron chi connectivity index (χ4n) is 2.53. The first-order chi connectivity index (χ1) is 13.1. The number of aromatic nitrogens is 1. The molecule has 0 aliphatic carbocycles. The van der Waals surface area contributed by atoms with Crippen LogP contribution in [0.2, 0.25) is 5.02 Å². The number of nitrogens with one attached hydrogen (secondary N) is 2. The van der Waals surface area contributed by atoms with Crippen molar-refractivity contribution in [2.45, 2.75) is 13.0 Å². The summed E-state index contributed by atoms with van der Waals surface area (Å²) in [6.45, 7) is 1.07. The topological polar surface area (TPSA) is 54.0 Å². The van der Waals surface area contributed by atoms with Crippen LogP contribution in [0.3, 0.4) is 0 Å². The van der Waals surface area contributed by atoms with Crippen molar-refractivity contribution in [3.05, 3.63) is 94.5 Å². The molecule has 4 nitrogen and oxygen atoms in total. The molecule has 0 aliphatic rings.